The van der Waals surface area contributed by atoms with Crippen molar-refractivity contribution in [2.75, 3.05) is 0 Å². The zero-order valence-corrected chi connectivity index (χ0v) is 10.1. The van der Waals surface area contributed by atoms with Gasteiger partial charge in [-0.05, 0) is 30.5 Å². The van der Waals surface area contributed by atoms with Gasteiger partial charge in [-0.2, -0.15) is 0 Å². The topological polar surface area (TPSA) is 64.7 Å². The first-order valence-electron chi connectivity index (χ1n) is 5.74. The Kier molecular flexibility index (Phi) is 3.13. The van der Waals surface area contributed by atoms with Gasteiger partial charge in [0.05, 0.1) is 5.71 Å². The second-order valence-electron chi connectivity index (χ2n) is 4.19. The highest BCUT2D eigenvalue weighted by Gasteiger charge is 2.24. The molecule has 90 valence electrons. The third-order valence-electron chi connectivity index (χ3n) is 3.13. The van der Waals surface area contributed by atoms with Gasteiger partial charge in [0.15, 0.2) is 6.10 Å². The summed E-state index contributed by atoms with van der Waals surface area (Å²) in [4.78, 5) is 16.7. The molecule has 1 atom stereocenters. The summed E-state index contributed by atoms with van der Waals surface area (Å²) >= 11 is 0. The molecule has 0 radical (unpaired) electrons. The van der Waals surface area contributed by atoms with E-state index in [2.05, 4.69) is 12.1 Å². The molecule has 2 N–H and O–H groups in total. The maximum absolute atomic E-state index is 11.3. The van der Waals surface area contributed by atoms with Gasteiger partial charge in [0.2, 0.25) is 5.91 Å². The highest BCUT2D eigenvalue weighted by atomic mass is 16.6. The summed E-state index contributed by atoms with van der Waals surface area (Å²) in [5, 5.41) is 4.03. The lowest BCUT2D eigenvalue weighted by molar-refractivity contribution is 0.0850. The van der Waals surface area contributed by atoms with Crippen molar-refractivity contribution in [3.63, 3.8) is 0 Å². The quantitative estimate of drug-likeness (QED) is 0.869. The molecule has 0 spiro atoms. The van der Waals surface area contributed by atoms with E-state index < -0.39 is 5.91 Å². The number of oxime groups is 1. The molecule has 1 aromatic rings. The van der Waals surface area contributed by atoms with Crippen molar-refractivity contribution in [2.24, 2.45) is 10.9 Å². The molecular formula is C13H16N2O2. The molecule has 1 heterocycles. The lowest BCUT2D eigenvalue weighted by atomic mass is 9.95. The van der Waals surface area contributed by atoms with E-state index in [0.29, 0.717) is 5.56 Å². The number of carbonyl (C=O) groups is 1. The van der Waals surface area contributed by atoms with Crippen LogP contribution in [-0.2, 0) is 4.84 Å². The van der Waals surface area contributed by atoms with Crippen molar-refractivity contribution in [1.82, 2.24) is 0 Å². The van der Waals surface area contributed by atoms with Crippen LogP contribution >= 0.6 is 0 Å². The van der Waals surface area contributed by atoms with Gasteiger partial charge in [0.25, 0.3) is 0 Å². The van der Waals surface area contributed by atoms with Crippen LogP contribution in [0.3, 0.4) is 0 Å². The summed E-state index contributed by atoms with van der Waals surface area (Å²) in [7, 11) is 0. The highest BCUT2D eigenvalue weighted by Crippen LogP contribution is 2.31. The summed E-state index contributed by atoms with van der Waals surface area (Å²) in [6.45, 7) is 3.94. The molecule has 1 aliphatic heterocycles. The van der Waals surface area contributed by atoms with Crippen LogP contribution in [0.2, 0.25) is 0 Å². The Morgan fingerprint density at radius 2 is 2.35 bits per heavy atom. The van der Waals surface area contributed by atoms with Crippen molar-refractivity contribution < 1.29 is 9.63 Å². The Bertz CT molecular complexity index is 480. The molecule has 0 bridgehead atoms. The van der Waals surface area contributed by atoms with Gasteiger partial charge in [-0.1, -0.05) is 24.2 Å². The fraction of sp³-hybridized carbons (Fsp3) is 0.385. The number of primary amides is 1. The van der Waals surface area contributed by atoms with Gasteiger partial charge < -0.3 is 10.6 Å². The van der Waals surface area contributed by atoms with Crippen LogP contribution in [0.25, 0.3) is 0 Å². The first-order valence-corrected chi connectivity index (χ1v) is 5.74. The molecule has 0 aromatic heterocycles. The fourth-order valence-corrected chi connectivity index (χ4v) is 2.07. The Hall–Kier alpha value is -1.84. The zero-order chi connectivity index (χ0) is 12.4. The van der Waals surface area contributed by atoms with E-state index >= 15 is 0 Å². The molecule has 1 amide bonds. The third-order valence-corrected chi connectivity index (χ3v) is 3.13. The van der Waals surface area contributed by atoms with E-state index in [1.807, 2.05) is 19.1 Å². The van der Waals surface area contributed by atoms with Crippen molar-refractivity contribution in [1.29, 1.82) is 0 Å². The van der Waals surface area contributed by atoms with Crippen molar-refractivity contribution in [2.45, 2.75) is 32.8 Å². The zero-order valence-electron chi connectivity index (χ0n) is 10.1. The van der Waals surface area contributed by atoms with Crippen molar-refractivity contribution >= 4 is 11.6 Å². The standard InChI is InChI=1S/C13H16N2O2/c1-3-9-7-12(17-15-9)10-5-4-6-11(8(10)2)13(14)16/h4-6,12H,3,7H2,1-2H3,(H2,14,16). The summed E-state index contributed by atoms with van der Waals surface area (Å²) in [5.74, 6) is -0.404. The molecule has 0 fully saturated rings. The molecule has 2 rings (SSSR count). The van der Waals surface area contributed by atoms with Gasteiger partial charge in [-0.15, -0.1) is 0 Å². The van der Waals surface area contributed by atoms with Gasteiger partial charge in [-0.3, -0.25) is 4.79 Å². The number of hydrogen-bond acceptors (Lipinski definition) is 3. The van der Waals surface area contributed by atoms with Crippen LogP contribution in [-0.4, -0.2) is 11.6 Å². The molecule has 0 saturated heterocycles. The van der Waals surface area contributed by atoms with E-state index in [0.717, 1.165) is 29.7 Å². The minimum atomic E-state index is -0.404. The lowest BCUT2D eigenvalue weighted by Gasteiger charge is -2.13. The first-order chi connectivity index (χ1) is 8.13. The Morgan fingerprint density at radius 1 is 1.59 bits per heavy atom. The molecule has 4 nitrogen and oxygen atoms in total. The molecule has 1 aliphatic rings. The van der Waals surface area contributed by atoms with Crippen molar-refractivity contribution in [3.05, 3.63) is 34.9 Å². The minimum Gasteiger partial charge on any atom is -0.387 e. The lowest BCUT2D eigenvalue weighted by Crippen LogP contribution is -2.14. The SMILES string of the molecule is CCC1=NOC(c2cccc(C(N)=O)c2C)C1. The van der Waals surface area contributed by atoms with Gasteiger partial charge in [-0.25, -0.2) is 0 Å². The molecule has 17 heavy (non-hydrogen) atoms. The van der Waals surface area contributed by atoms with Gasteiger partial charge >= 0.3 is 0 Å². The summed E-state index contributed by atoms with van der Waals surface area (Å²) in [5.41, 5.74) is 8.81. The number of benzene rings is 1. The van der Waals surface area contributed by atoms with E-state index in [9.17, 15) is 4.79 Å². The number of carbonyl (C=O) groups excluding carboxylic acids is 1. The average molecular weight is 232 g/mol. The molecule has 0 saturated carbocycles. The summed E-state index contributed by atoms with van der Waals surface area (Å²) in [6, 6.07) is 5.52. The second-order valence-corrected chi connectivity index (χ2v) is 4.19. The fourth-order valence-electron chi connectivity index (χ4n) is 2.07. The minimum absolute atomic E-state index is 0.0794. The summed E-state index contributed by atoms with van der Waals surface area (Å²) < 4.78 is 0. The predicted molar refractivity (Wildman–Crippen MR) is 65.9 cm³/mol. The first kappa shape index (κ1) is 11.6. The Labute approximate surface area is 100 Å². The van der Waals surface area contributed by atoms with Crippen LogP contribution < -0.4 is 5.73 Å². The number of nitrogens with two attached hydrogens (primary N) is 1. The van der Waals surface area contributed by atoms with E-state index in [-0.39, 0.29) is 6.10 Å². The normalized spacial score (nSPS) is 18.7. The monoisotopic (exact) mass is 232 g/mol. The van der Waals surface area contributed by atoms with Gasteiger partial charge in [0.1, 0.15) is 0 Å². The number of rotatable bonds is 3. The number of hydrogen-bond donors (Lipinski definition) is 1. The predicted octanol–water partition coefficient (Wildman–Crippen LogP) is 2.32. The Morgan fingerprint density at radius 3 is 2.94 bits per heavy atom. The van der Waals surface area contributed by atoms with Crippen molar-refractivity contribution in [3.8, 4) is 0 Å². The second kappa shape index (κ2) is 4.57. The number of amides is 1. The van der Waals surface area contributed by atoms with E-state index in [1.165, 1.54) is 0 Å². The molecular weight excluding hydrogens is 216 g/mol. The number of nitrogens with zero attached hydrogens (tertiary/aromatic N) is 1. The van der Waals surface area contributed by atoms with Crippen LogP contribution in [0.5, 0.6) is 0 Å². The highest BCUT2D eigenvalue weighted by molar-refractivity contribution is 5.94. The largest absolute Gasteiger partial charge is 0.387 e. The smallest absolute Gasteiger partial charge is 0.248 e. The van der Waals surface area contributed by atoms with Crippen LogP contribution in [0.15, 0.2) is 23.4 Å². The van der Waals surface area contributed by atoms with Crippen LogP contribution in [0, 0.1) is 6.92 Å². The maximum atomic E-state index is 11.3. The van der Waals surface area contributed by atoms with E-state index in [1.54, 1.807) is 6.07 Å². The maximum Gasteiger partial charge on any atom is 0.248 e. The molecule has 0 aliphatic carbocycles. The van der Waals surface area contributed by atoms with E-state index in [4.69, 9.17) is 10.6 Å². The molecule has 1 unspecified atom stereocenters. The van der Waals surface area contributed by atoms with Crippen LogP contribution in [0.1, 0.15) is 47.4 Å². The average Bonchev–Trinajstić information content (AvgIpc) is 2.77. The third kappa shape index (κ3) is 2.16. The van der Waals surface area contributed by atoms with Gasteiger partial charge in [0, 0.05) is 12.0 Å². The Balaban J connectivity index is 2.29. The summed E-state index contributed by atoms with van der Waals surface area (Å²) in [6.07, 6.45) is 1.61. The molecule has 4 heteroatoms. The van der Waals surface area contributed by atoms with Crippen LogP contribution in [0.4, 0.5) is 0 Å². The molecule has 1 aromatic carbocycles.